The Kier molecular flexibility index (Phi) is 3.83. The maximum absolute atomic E-state index is 12.2. The van der Waals surface area contributed by atoms with E-state index in [1.807, 2.05) is 19.1 Å². The van der Waals surface area contributed by atoms with Gasteiger partial charge in [-0.05, 0) is 39.8 Å². The van der Waals surface area contributed by atoms with Gasteiger partial charge in [0.1, 0.15) is 4.21 Å². The molecule has 0 saturated carbocycles. The standard InChI is InChI=1S/C12H17ClO2S/c1-9-5-7-10(8-6-9)16(15)12(4,13)11(2,3)14/h5-8,14H,1-4H3/t12-,16+/m0/s1. The molecule has 1 N–H and O–H groups in total. The van der Waals surface area contributed by atoms with Gasteiger partial charge in [-0.15, -0.1) is 11.6 Å². The van der Waals surface area contributed by atoms with Crippen LogP contribution in [0, 0.1) is 6.92 Å². The molecule has 0 aliphatic rings. The number of alkyl halides is 1. The zero-order chi connectivity index (χ0) is 12.6. The lowest BCUT2D eigenvalue weighted by Crippen LogP contribution is -2.46. The van der Waals surface area contributed by atoms with Crippen molar-refractivity contribution >= 4 is 22.4 Å². The average molecular weight is 261 g/mol. The van der Waals surface area contributed by atoms with Crippen LogP contribution in [0.1, 0.15) is 26.3 Å². The molecule has 2 atom stereocenters. The van der Waals surface area contributed by atoms with Crippen LogP contribution >= 0.6 is 11.6 Å². The van der Waals surface area contributed by atoms with Gasteiger partial charge < -0.3 is 5.11 Å². The molecule has 0 amide bonds. The first kappa shape index (κ1) is 13.7. The molecular formula is C12H17ClO2S. The van der Waals surface area contributed by atoms with Crippen LogP contribution in [0.5, 0.6) is 0 Å². The molecule has 4 heteroatoms. The molecule has 1 rings (SSSR count). The summed E-state index contributed by atoms with van der Waals surface area (Å²) in [4.78, 5) is 0.630. The molecule has 0 radical (unpaired) electrons. The fourth-order valence-corrected chi connectivity index (χ4v) is 2.66. The zero-order valence-corrected chi connectivity index (χ0v) is 11.5. The maximum Gasteiger partial charge on any atom is 0.149 e. The summed E-state index contributed by atoms with van der Waals surface area (Å²) in [6, 6.07) is 7.31. The van der Waals surface area contributed by atoms with Gasteiger partial charge in [0.05, 0.1) is 16.4 Å². The van der Waals surface area contributed by atoms with Crippen LogP contribution in [0.2, 0.25) is 0 Å². The third kappa shape index (κ3) is 2.65. The Morgan fingerprint density at radius 1 is 1.19 bits per heavy atom. The topological polar surface area (TPSA) is 37.3 Å². The Hall–Kier alpha value is -0.380. The van der Waals surface area contributed by atoms with E-state index in [0.29, 0.717) is 4.90 Å². The molecule has 90 valence electrons. The van der Waals surface area contributed by atoms with Crippen LogP contribution in [0.25, 0.3) is 0 Å². The lowest BCUT2D eigenvalue weighted by molar-refractivity contribution is 0.0683. The minimum atomic E-state index is -1.46. The SMILES string of the molecule is Cc1ccc([S@@](=O)[C@](C)(Cl)C(C)(C)O)cc1. The summed E-state index contributed by atoms with van der Waals surface area (Å²) in [5.74, 6) is 0. The van der Waals surface area contributed by atoms with Crippen LogP contribution in [0.15, 0.2) is 29.2 Å². The minimum absolute atomic E-state index is 0.630. The second-order valence-corrected chi connectivity index (χ2v) is 7.36. The number of rotatable bonds is 3. The van der Waals surface area contributed by atoms with Crippen molar-refractivity contribution in [2.45, 2.75) is 42.4 Å². The summed E-state index contributed by atoms with van der Waals surface area (Å²) in [5, 5.41) is 9.91. The molecule has 0 fully saturated rings. The number of hydrogen-bond acceptors (Lipinski definition) is 2. The second-order valence-electron chi connectivity index (χ2n) is 4.56. The first-order chi connectivity index (χ1) is 7.16. The van der Waals surface area contributed by atoms with E-state index in [1.54, 1.807) is 32.9 Å². The second kappa shape index (κ2) is 4.47. The van der Waals surface area contributed by atoms with Crippen molar-refractivity contribution in [2.24, 2.45) is 0 Å². The Balaban J connectivity index is 3.07. The molecule has 0 aliphatic heterocycles. The molecule has 16 heavy (non-hydrogen) atoms. The number of halogens is 1. The summed E-state index contributed by atoms with van der Waals surface area (Å²) in [7, 11) is -1.46. The largest absolute Gasteiger partial charge is 0.388 e. The third-order valence-corrected chi connectivity index (χ3v) is 5.46. The fourth-order valence-electron chi connectivity index (χ4n) is 1.11. The predicted molar refractivity (Wildman–Crippen MR) is 68.1 cm³/mol. The maximum atomic E-state index is 12.2. The van der Waals surface area contributed by atoms with Crippen LogP contribution in [-0.2, 0) is 10.8 Å². The highest BCUT2D eigenvalue weighted by Gasteiger charge is 2.44. The van der Waals surface area contributed by atoms with Crippen LogP contribution in [0.3, 0.4) is 0 Å². The minimum Gasteiger partial charge on any atom is -0.388 e. The number of hydrogen-bond donors (Lipinski definition) is 1. The summed E-state index contributed by atoms with van der Waals surface area (Å²) >= 11 is 6.19. The number of aryl methyl sites for hydroxylation is 1. The van der Waals surface area contributed by atoms with Gasteiger partial charge in [-0.3, -0.25) is 4.21 Å². The van der Waals surface area contributed by atoms with Gasteiger partial charge in [-0.1, -0.05) is 17.7 Å². The summed E-state index contributed by atoms with van der Waals surface area (Å²) in [5.41, 5.74) is -0.120. The van der Waals surface area contributed by atoms with E-state index in [2.05, 4.69) is 0 Å². The number of benzene rings is 1. The molecule has 0 saturated heterocycles. The van der Waals surface area contributed by atoms with Crippen molar-refractivity contribution in [3.8, 4) is 0 Å². The normalized spacial score (nSPS) is 17.9. The van der Waals surface area contributed by atoms with E-state index >= 15 is 0 Å². The highest BCUT2D eigenvalue weighted by molar-refractivity contribution is 7.88. The Bertz CT molecular complexity index is 390. The van der Waals surface area contributed by atoms with Crippen molar-refractivity contribution in [1.82, 2.24) is 0 Å². The van der Waals surface area contributed by atoms with Gasteiger partial charge in [-0.25, -0.2) is 0 Å². The van der Waals surface area contributed by atoms with Crippen molar-refractivity contribution in [1.29, 1.82) is 0 Å². The highest BCUT2D eigenvalue weighted by Crippen LogP contribution is 2.35. The first-order valence-electron chi connectivity index (χ1n) is 5.06. The lowest BCUT2D eigenvalue weighted by Gasteiger charge is -2.33. The Labute approximate surface area is 104 Å². The van der Waals surface area contributed by atoms with Crippen molar-refractivity contribution in [3.05, 3.63) is 29.8 Å². The monoisotopic (exact) mass is 260 g/mol. The Morgan fingerprint density at radius 3 is 2.00 bits per heavy atom. The predicted octanol–water partition coefficient (Wildman–Crippen LogP) is 2.83. The Morgan fingerprint density at radius 2 is 1.62 bits per heavy atom. The number of aliphatic hydroxyl groups is 1. The lowest BCUT2D eigenvalue weighted by atomic mass is 10.1. The molecule has 0 bridgehead atoms. The molecule has 0 spiro atoms. The zero-order valence-electron chi connectivity index (χ0n) is 9.95. The smallest absolute Gasteiger partial charge is 0.149 e. The van der Waals surface area contributed by atoms with Gasteiger partial charge in [0, 0.05) is 4.90 Å². The van der Waals surface area contributed by atoms with Gasteiger partial charge in [0.25, 0.3) is 0 Å². The quantitative estimate of drug-likeness (QED) is 0.849. The van der Waals surface area contributed by atoms with Crippen molar-refractivity contribution < 1.29 is 9.32 Å². The van der Waals surface area contributed by atoms with Gasteiger partial charge in [-0.2, -0.15) is 0 Å². The van der Waals surface area contributed by atoms with E-state index in [0.717, 1.165) is 5.56 Å². The van der Waals surface area contributed by atoms with Gasteiger partial charge >= 0.3 is 0 Å². The summed E-state index contributed by atoms with van der Waals surface area (Å²) in [6.45, 7) is 6.67. The molecule has 1 aromatic rings. The van der Waals surface area contributed by atoms with E-state index in [9.17, 15) is 9.32 Å². The van der Waals surface area contributed by atoms with Gasteiger partial charge in [0.15, 0.2) is 0 Å². The van der Waals surface area contributed by atoms with E-state index in [1.165, 1.54) is 0 Å². The van der Waals surface area contributed by atoms with Crippen molar-refractivity contribution in [2.75, 3.05) is 0 Å². The van der Waals surface area contributed by atoms with E-state index in [-0.39, 0.29) is 0 Å². The highest BCUT2D eigenvalue weighted by atomic mass is 35.5. The molecule has 0 aromatic heterocycles. The molecular weight excluding hydrogens is 244 g/mol. The molecule has 0 unspecified atom stereocenters. The van der Waals surface area contributed by atoms with Gasteiger partial charge in [0.2, 0.25) is 0 Å². The van der Waals surface area contributed by atoms with Crippen molar-refractivity contribution in [3.63, 3.8) is 0 Å². The molecule has 2 nitrogen and oxygen atoms in total. The summed E-state index contributed by atoms with van der Waals surface area (Å²) < 4.78 is 11.0. The van der Waals surface area contributed by atoms with Crippen LogP contribution < -0.4 is 0 Å². The van der Waals surface area contributed by atoms with E-state index < -0.39 is 20.6 Å². The summed E-state index contributed by atoms with van der Waals surface area (Å²) in [6.07, 6.45) is 0. The first-order valence-corrected chi connectivity index (χ1v) is 6.59. The van der Waals surface area contributed by atoms with E-state index in [4.69, 9.17) is 11.6 Å². The van der Waals surface area contributed by atoms with Crippen LogP contribution in [-0.4, -0.2) is 19.1 Å². The molecule has 0 aliphatic carbocycles. The molecule has 0 heterocycles. The fraction of sp³-hybridized carbons (Fsp3) is 0.500. The molecule has 1 aromatic carbocycles. The third-order valence-electron chi connectivity index (χ3n) is 2.68. The van der Waals surface area contributed by atoms with Crippen LogP contribution in [0.4, 0.5) is 0 Å². The average Bonchev–Trinajstić information content (AvgIpc) is 2.16.